The van der Waals surface area contributed by atoms with Crippen molar-refractivity contribution in [2.45, 2.75) is 13.0 Å². The Morgan fingerprint density at radius 1 is 1.16 bits per heavy atom. The molecule has 4 aromatic rings. The Hall–Kier alpha value is -3.10. The van der Waals surface area contributed by atoms with E-state index in [1.165, 1.54) is 29.7 Å². The molecule has 0 aliphatic rings. The smallest absolute Gasteiger partial charge is 0.226 e. The Morgan fingerprint density at radius 2 is 2.06 bits per heavy atom. The molecule has 0 bridgehead atoms. The zero-order valence-electron chi connectivity index (χ0n) is 16.2. The van der Waals surface area contributed by atoms with E-state index >= 15 is 0 Å². The Bertz CT molecular complexity index is 1200. The van der Waals surface area contributed by atoms with Gasteiger partial charge in [0.25, 0.3) is 0 Å². The Balaban J connectivity index is 1.32. The summed E-state index contributed by atoms with van der Waals surface area (Å²) in [6.07, 6.45) is 3.28. The lowest BCUT2D eigenvalue weighted by atomic mass is 10.2. The van der Waals surface area contributed by atoms with Crippen LogP contribution in [0, 0.1) is 5.82 Å². The number of amides is 1. The number of ether oxygens (including phenoxy) is 1. The SMILES string of the molecule is O=C(Cc1csc(-c2cccc(Br)c2)n1)NCc1ccc(Oc2cccnc2)c(F)c1. The van der Waals surface area contributed by atoms with Crippen molar-refractivity contribution in [3.05, 3.63) is 93.9 Å². The van der Waals surface area contributed by atoms with Crippen molar-refractivity contribution in [3.63, 3.8) is 0 Å². The summed E-state index contributed by atoms with van der Waals surface area (Å²) < 4.78 is 20.8. The van der Waals surface area contributed by atoms with E-state index in [4.69, 9.17) is 4.74 Å². The topological polar surface area (TPSA) is 64.1 Å². The number of nitrogens with one attached hydrogen (secondary N) is 1. The molecule has 31 heavy (non-hydrogen) atoms. The molecule has 0 aliphatic heterocycles. The van der Waals surface area contributed by atoms with E-state index in [-0.39, 0.29) is 24.6 Å². The Labute approximate surface area is 191 Å². The summed E-state index contributed by atoms with van der Waals surface area (Å²) in [5.74, 6) is -0.130. The number of aromatic nitrogens is 2. The zero-order valence-corrected chi connectivity index (χ0v) is 18.6. The van der Waals surface area contributed by atoms with Crippen LogP contribution in [0.1, 0.15) is 11.3 Å². The molecule has 2 heterocycles. The number of carbonyl (C=O) groups excluding carboxylic acids is 1. The lowest BCUT2D eigenvalue weighted by molar-refractivity contribution is -0.120. The largest absolute Gasteiger partial charge is 0.453 e. The van der Waals surface area contributed by atoms with Crippen molar-refractivity contribution >= 4 is 33.2 Å². The average Bonchev–Trinajstić information content (AvgIpc) is 3.23. The Morgan fingerprint density at radius 3 is 2.84 bits per heavy atom. The van der Waals surface area contributed by atoms with Crippen LogP contribution in [0.4, 0.5) is 4.39 Å². The van der Waals surface area contributed by atoms with Gasteiger partial charge in [0.05, 0.1) is 18.3 Å². The molecule has 0 saturated heterocycles. The minimum absolute atomic E-state index is 0.102. The summed E-state index contributed by atoms with van der Waals surface area (Å²) >= 11 is 4.94. The third kappa shape index (κ3) is 5.74. The highest BCUT2D eigenvalue weighted by Gasteiger charge is 2.11. The second kappa shape index (κ2) is 9.80. The Kier molecular flexibility index (Phi) is 6.69. The summed E-state index contributed by atoms with van der Waals surface area (Å²) in [6.45, 7) is 0.214. The number of pyridine rings is 1. The van der Waals surface area contributed by atoms with Gasteiger partial charge in [-0.05, 0) is 42.0 Å². The summed E-state index contributed by atoms with van der Waals surface area (Å²) in [7, 11) is 0. The lowest BCUT2D eigenvalue weighted by Gasteiger charge is -2.09. The quantitative estimate of drug-likeness (QED) is 0.352. The predicted molar refractivity (Wildman–Crippen MR) is 122 cm³/mol. The summed E-state index contributed by atoms with van der Waals surface area (Å²) in [5.41, 5.74) is 2.33. The monoisotopic (exact) mass is 497 g/mol. The second-order valence-corrected chi connectivity index (χ2v) is 8.44. The van der Waals surface area contributed by atoms with Crippen molar-refractivity contribution in [3.8, 4) is 22.1 Å². The molecule has 0 unspecified atom stereocenters. The second-order valence-electron chi connectivity index (χ2n) is 6.66. The van der Waals surface area contributed by atoms with Gasteiger partial charge in [-0.25, -0.2) is 9.37 Å². The average molecular weight is 498 g/mol. The van der Waals surface area contributed by atoms with E-state index in [0.717, 1.165) is 15.0 Å². The number of benzene rings is 2. The van der Waals surface area contributed by atoms with Crippen LogP contribution in [0.2, 0.25) is 0 Å². The standard InChI is InChI=1S/C23H17BrFN3O2S/c24-17-4-1-3-16(10-17)23-28-18(14-31-23)11-22(29)27-12-15-6-7-21(20(25)9-15)30-19-5-2-8-26-13-19/h1-10,13-14H,11-12H2,(H,27,29). The van der Waals surface area contributed by atoms with Gasteiger partial charge in [0.2, 0.25) is 5.91 Å². The highest BCUT2D eigenvalue weighted by atomic mass is 79.9. The number of thiazole rings is 1. The molecule has 2 aromatic carbocycles. The van der Waals surface area contributed by atoms with Crippen molar-refractivity contribution in [1.82, 2.24) is 15.3 Å². The summed E-state index contributed by atoms with van der Waals surface area (Å²) in [6, 6.07) is 15.9. The van der Waals surface area contributed by atoms with E-state index in [0.29, 0.717) is 17.0 Å². The molecule has 0 fully saturated rings. The number of rotatable bonds is 7. The van der Waals surface area contributed by atoms with Crippen LogP contribution in [-0.2, 0) is 17.8 Å². The third-order valence-electron chi connectivity index (χ3n) is 4.31. The fourth-order valence-corrected chi connectivity index (χ4v) is 4.06. The van der Waals surface area contributed by atoms with Gasteiger partial charge in [-0.15, -0.1) is 11.3 Å². The van der Waals surface area contributed by atoms with Crippen LogP contribution in [0.25, 0.3) is 10.6 Å². The molecular formula is C23H17BrFN3O2S. The van der Waals surface area contributed by atoms with Crippen LogP contribution < -0.4 is 10.1 Å². The van der Waals surface area contributed by atoms with E-state index in [1.807, 2.05) is 29.6 Å². The van der Waals surface area contributed by atoms with E-state index in [1.54, 1.807) is 24.4 Å². The first-order valence-electron chi connectivity index (χ1n) is 9.40. The molecule has 5 nitrogen and oxygen atoms in total. The number of carbonyl (C=O) groups is 1. The first-order valence-corrected chi connectivity index (χ1v) is 11.1. The van der Waals surface area contributed by atoms with Gasteiger partial charge in [-0.2, -0.15) is 0 Å². The fourth-order valence-electron chi connectivity index (χ4n) is 2.84. The lowest BCUT2D eigenvalue weighted by Crippen LogP contribution is -2.24. The van der Waals surface area contributed by atoms with Crippen LogP contribution in [0.3, 0.4) is 0 Å². The number of halogens is 2. The van der Waals surface area contributed by atoms with E-state index in [9.17, 15) is 9.18 Å². The molecule has 2 aromatic heterocycles. The first kappa shape index (κ1) is 21.1. The van der Waals surface area contributed by atoms with Crippen LogP contribution in [0.15, 0.2) is 76.8 Å². The maximum Gasteiger partial charge on any atom is 0.226 e. The van der Waals surface area contributed by atoms with Gasteiger partial charge in [0.15, 0.2) is 11.6 Å². The highest BCUT2D eigenvalue weighted by molar-refractivity contribution is 9.10. The van der Waals surface area contributed by atoms with Crippen molar-refractivity contribution < 1.29 is 13.9 Å². The molecule has 0 radical (unpaired) electrons. The van der Waals surface area contributed by atoms with Gasteiger partial charge in [-0.3, -0.25) is 9.78 Å². The summed E-state index contributed by atoms with van der Waals surface area (Å²) in [5, 5.41) is 5.53. The minimum atomic E-state index is -0.506. The number of hydrogen-bond donors (Lipinski definition) is 1. The molecule has 0 saturated carbocycles. The normalized spacial score (nSPS) is 10.6. The van der Waals surface area contributed by atoms with Gasteiger partial charge in [0.1, 0.15) is 10.8 Å². The third-order valence-corrected chi connectivity index (χ3v) is 5.75. The molecule has 1 amide bonds. The van der Waals surface area contributed by atoms with Crippen molar-refractivity contribution in [1.29, 1.82) is 0 Å². The van der Waals surface area contributed by atoms with Gasteiger partial charge in [0, 0.05) is 28.2 Å². The number of nitrogens with zero attached hydrogens (tertiary/aromatic N) is 2. The van der Waals surface area contributed by atoms with Crippen LogP contribution >= 0.6 is 27.3 Å². The van der Waals surface area contributed by atoms with E-state index in [2.05, 4.69) is 31.2 Å². The van der Waals surface area contributed by atoms with E-state index < -0.39 is 5.82 Å². The van der Waals surface area contributed by atoms with Gasteiger partial charge < -0.3 is 10.1 Å². The van der Waals surface area contributed by atoms with Gasteiger partial charge in [-0.1, -0.05) is 34.1 Å². The molecule has 8 heteroatoms. The fraction of sp³-hybridized carbons (Fsp3) is 0.0870. The maximum absolute atomic E-state index is 14.3. The highest BCUT2D eigenvalue weighted by Crippen LogP contribution is 2.27. The van der Waals surface area contributed by atoms with Crippen molar-refractivity contribution in [2.24, 2.45) is 0 Å². The minimum Gasteiger partial charge on any atom is -0.453 e. The molecule has 156 valence electrons. The molecule has 0 spiro atoms. The van der Waals surface area contributed by atoms with Crippen molar-refractivity contribution in [2.75, 3.05) is 0 Å². The zero-order chi connectivity index (χ0) is 21.6. The predicted octanol–water partition coefficient (Wildman–Crippen LogP) is 5.76. The molecule has 4 rings (SSSR count). The van der Waals surface area contributed by atoms with Crippen LogP contribution in [-0.4, -0.2) is 15.9 Å². The molecule has 0 aliphatic carbocycles. The summed E-state index contributed by atoms with van der Waals surface area (Å²) in [4.78, 5) is 20.8. The first-order chi connectivity index (χ1) is 15.1. The molecule has 1 N–H and O–H groups in total. The van der Waals surface area contributed by atoms with Gasteiger partial charge >= 0.3 is 0 Å². The maximum atomic E-state index is 14.3. The van der Waals surface area contributed by atoms with Crippen LogP contribution in [0.5, 0.6) is 11.5 Å². The molecule has 0 atom stereocenters. The molecular weight excluding hydrogens is 481 g/mol. The number of hydrogen-bond acceptors (Lipinski definition) is 5.